The molecule has 2 aromatic carbocycles. The fourth-order valence-corrected chi connectivity index (χ4v) is 4.33. The number of carbonyl (C=O) groups excluding carboxylic acids is 1. The molecule has 0 bridgehead atoms. The van der Waals surface area contributed by atoms with E-state index < -0.39 is 12.0 Å². The van der Waals surface area contributed by atoms with Crippen LogP contribution in [0.2, 0.25) is 0 Å². The van der Waals surface area contributed by atoms with Crippen molar-refractivity contribution in [2.75, 3.05) is 13.1 Å². The SMILES string of the molecule is Cc1cc(C)cc(C(=O)N2CCC(Cn3c(C(F)(F)F)nc4ccccc43)CC2)c1. The lowest BCUT2D eigenvalue weighted by atomic mass is 9.95. The maximum absolute atomic E-state index is 13.5. The Morgan fingerprint density at radius 3 is 2.33 bits per heavy atom. The molecule has 3 aromatic rings. The number of rotatable bonds is 3. The molecule has 30 heavy (non-hydrogen) atoms. The van der Waals surface area contributed by atoms with E-state index in [0.29, 0.717) is 42.5 Å². The van der Waals surface area contributed by atoms with Gasteiger partial charge >= 0.3 is 6.18 Å². The van der Waals surface area contributed by atoms with E-state index in [9.17, 15) is 18.0 Å². The van der Waals surface area contributed by atoms with E-state index in [4.69, 9.17) is 0 Å². The zero-order valence-electron chi connectivity index (χ0n) is 17.0. The number of benzene rings is 2. The van der Waals surface area contributed by atoms with Crippen LogP contribution in [-0.4, -0.2) is 33.4 Å². The standard InChI is InChI=1S/C23H24F3N3O/c1-15-11-16(2)13-18(12-15)21(30)28-9-7-17(8-10-28)14-29-20-6-4-3-5-19(20)27-22(29)23(24,25)26/h3-6,11-13,17H,7-10,14H2,1-2H3. The normalized spacial score (nSPS) is 15.7. The highest BCUT2D eigenvalue weighted by molar-refractivity contribution is 5.94. The molecule has 0 radical (unpaired) electrons. The summed E-state index contributed by atoms with van der Waals surface area (Å²) in [6.07, 6.45) is -3.17. The van der Waals surface area contributed by atoms with Crippen molar-refractivity contribution >= 4 is 16.9 Å². The first-order valence-corrected chi connectivity index (χ1v) is 10.1. The Bertz CT molecular complexity index is 1060. The van der Waals surface area contributed by atoms with Crippen LogP contribution in [-0.2, 0) is 12.7 Å². The molecule has 158 valence electrons. The number of hydrogen-bond acceptors (Lipinski definition) is 2. The number of para-hydroxylation sites is 2. The molecule has 7 heteroatoms. The largest absolute Gasteiger partial charge is 0.449 e. The number of halogens is 3. The second-order valence-corrected chi connectivity index (χ2v) is 8.14. The van der Waals surface area contributed by atoms with E-state index in [1.165, 1.54) is 4.57 Å². The molecule has 1 aliphatic rings. The van der Waals surface area contributed by atoms with Crippen molar-refractivity contribution in [2.45, 2.75) is 39.4 Å². The second-order valence-electron chi connectivity index (χ2n) is 8.14. The summed E-state index contributed by atoms with van der Waals surface area (Å²) in [5, 5.41) is 0. The molecule has 1 amide bonds. The fraction of sp³-hybridized carbons (Fsp3) is 0.391. The minimum absolute atomic E-state index is 0.00990. The molecule has 1 aliphatic heterocycles. The van der Waals surface area contributed by atoms with Crippen LogP contribution in [0, 0.1) is 19.8 Å². The van der Waals surface area contributed by atoms with Crippen molar-refractivity contribution in [1.82, 2.24) is 14.5 Å². The van der Waals surface area contributed by atoms with Gasteiger partial charge in [-0.3, -0.25) is 4.79 Å². The van der Waals surface area contributed by atoms with Gasteiger partial charge in [-0.2, -0.15) is 13.2 Å². The van der Waals surface area contributed by atoms with Crippen molar-refractivity contribution in [2.24, 2.45) is 5.92 Å². The van der Waals surface area contributed by atoms with Gasteiger partial charge in [-0.05, 0) is 56.9 Å². The average molecular weight is 415 g/mol. The molecule has 4 nitrogen and oxygen atoms in total. The first-order valence-electron chi connectivity index (χ1n) is 10.1. The van der Waals surface area contributed by atoms with Gasteiger partial charge in [-0.25, -0.2) is 4.98 Å². The van der Waals surface area contributed by atoms with Gasteiger partial charge < -0.3 is 9.47 Å². The molecule has 0 aliphatic carbocycles. The highest BCUT2D eigenvalue weighted by Crippen LogP contribution is 2.33. The van der Waals surface area contributed by atoms with Crippen LogP contribution < -0.4 is 0 Å². The molecule has 0 N–H and O–H groups in total. The molecule has 0 saturated carbocycles. The third-order valence-corrected chi connectivity index (χ3v) is 5.72. The van der Waals surface area contributed by atoms with E-state index in [1.54, 1.807) is 29.2 Å². The van der Waals surface area contributed by atoms with Crippen LogP contribution in [0.1, 0.15) is 40.2 Å². The highest BCUT2D eigenvalue weighted by Gasteiger charge is 2.38. The number of fused-ring (bicyclic) bond motifs is 1. The molecule has 1 saturated heterocycles. The minimum Gasteiger partial charge on any atom is -0.339 e. The maximum Gasteiger partial charge on any atom is 0.449 e. The van der Waals surface area contributed by atoms with E-state index in [-0.39, 0.29) is 18.4 Å². The summed E-state index contributed by atoms with van der Waals surface area (Å²) < 4.78 is 41.9. The molecular weight excluding hydrogens is 391 g/mol. The van der Waals surface area contributed by atoms with E-state index in [0.717, 1.165) is 11.1 Å². The molecule has 2 heterocycles. The van der Waals surface area contributed by atoms with Gasteiger partial charge in [-0.1, -0.05) is 29.3 Å². The molecule has 4 rings (SSSR count). The zero-order chi connectivity index (χ0) is 21.5. The van der Waals surface area contributed by atoms with Gasteiger partial charge in [0.25, 0.3) is 5.91 Å². The lowest BCUT2D eigenvalue weighted by molar-refractivity contribution is -0.147. The Morgan fingerprint density at radius 2 is 1.70 bits per heavy atom. The summed E-state index contributed by atoms with van der Waals surface area (Å²) in [5.74, 6) is -0.797. The number of hydrogen-bond donors (Lipinski definition) is 0. The zero-order valence-corrected chi connectivity index (χ0v) is 17.0. The van der Waals surface area contributed by atoms with Gasteiger partial charge in [0, 0.05) is 25.2 Å². The number of piperidine rings is 1. The molecular formula is C23H24F3N3O. The molecule has 0 spiro atoms. The van der Waals surface area contributed by atoms with Crippen molar-refractivity contribution in [1.29, 1.82) is 0 Å². The van der Waals surface area contributed by atoms with Crippen LogP contribution in [0.15, 0.2) is 42.5 Å². The van der Waals surface area contributed by atoms with E-state index >= 15 is 0 Å². The lowest BCUT2D eigenvalue weighted by Gasteiger charge is -2.32. The number of imidazole rings is 1. The number of carbonyl (C=O) groups is 1. The summed E-state index contributed by atoms with van der Waals surface area (Å²) in [5.41, 5.74) is 3.61. The Morgan fingerprint density at radius 1 is 1.07 bits per heavy atom. The summed E-state index contributed by atoms with van der Waals surface area (Å²) in [4.78, 5) is 18.5. The first-order chi connectivity index (χ1) is 14.2. The molecule has 0 unspecified atom stereocenters. The number of likely N-dealkylation sites (tertiary alicyclic amines) is 1. The van der Waals surface area contributed by atoms with E-state index in [1.807, 2.05) is 32.0 Å². The average Bonchev–Trinajstić information content (AvgIpc) is 3.06. The fourth-order valence-electron chi connectivity index (χ4n) is 4.33. The molecule has 1 fully saturated rings. The number of nitrogens with zero attached hydrogens (tertiary/aromatic N) is 3. The smallest absolute Gasteiger partial charge is 0.339 e. The molecule has 0 atom stereocenters. The predicted octanol–water partition coefficient (Wildman–Crippen LogP) is 5.22. The van der Waals surface area contributed by atoms with Gasteiger partial charge in [0.15, 0.2) is 0 Å². The van der Waals surface area contributed by atoms with Crippen LogP contribution in [0.4, 0.5) is 13.2 Å². The van der Waals surface area contributed by atoms with Crippen LogP contribution in [0.5, 0.6) is 0 Å². The monoisotopic (exact) mass is 415 g/mol. The van der Waals surface area contributed by atoms with E-state index in [2.05, 4.69) is 4.98 Å². The van der Waals surface area contributed by atoms with Crippen molar-refractivity contribution in [3.8, 4) is 0 Å². The first kappa shape index (κ1) is 20.4. The lowest BCUT2D eigenvalue weighted by Crippen LogP contribution is -2.39. The molecule has 1 aromatic heterocycles. The topological polar surface area (TPSA) is 38.1 Å². The maximum atomic E-state index is 13.5. The summed E-state index contributed by atoms with van der Waals surface area (Å²) >= 11 is 0. The summed E-state index contributed by atoms with van der Waals surface area (Å²) in [7, 11) is 0. The third kappa shape index (κ3) is 4.06. The third-order valence-electron chi connectivity index (χ3n) is 5.72. The number of aromatic nitrogens is 2. The van der Waals surface area contributed by atoms with Crippen LogP contribution in [0.25, 0.3) is 11.0 Å². The quantitative estimate of drug-likeness (QED) is 0.588. The Labute approximate surface area is 173 Å². The van der Waals surface area contributed by atoms with Crippen molar-refractivity contribution in [3.63, 3.8) is 0 Å². The summed E-state index contributed by atoms with van der Waals surface area (Å²) in [6.45, 7) is 5.27. The van der Waals surface area contributed by atoms with Gasteiger partial charge in [-0.15, -0.1) is 0 Å². The van der Waals surface area contributed by atoms with Crippen LogP contribution in [0.3, 0.4) is 0 Å². The van der Waals surface area contributed by atoms with Gasteiger partial charge in [0.05, 0.1) is 11.0 Å². The predicted molar refractivity (Wildman–Crippen MR) is 109 cm³/mol. The highest BCUT2D eigenvalue weighted by atomic mass is 19.4. The number of aryl methyl sites for hydroxylation is 2. The van der Waals surface area contributed by atoms with Crippen molar-refractivity contribution < 1.29 is 18.0 Å². The number of amides is 1. The Balaban J connectivity index is 1.49. The van der Waals surface area contributed by atoms with Crippen molar-refractivity contribution in [3.05, 3.63) is 65.0 Å². The minimum atomic E-state index is -4.50. The summed E-state index contributed by atoms with van der Waals surface area (Å²) in [6, 6.07) is 12.5. The van der Waals surface area contributed by atoms with Gasteiger partial charge in [0.2, 0.25) is 5.82 Å². The van der Waals surface area contributed by atoms with Gasteiger partial charge in [0.1, 0.15) is 0 Å². The Kier molecular flexibility index (Phi) is 5.30. The number of alkyl halides is 3. The van der Waals surface area contributed by atoms with Crippen LogP contribution >= 0.6 is 0 Å². The second kappa shape index (κ2) is 7.78. The Hall–Kier alpha value is -2.83.